The van der Waals surface area contributed by atoms with Gasteiger partial charge in [-0.3, -0.25) is 4.68 Å². The van der Waals surface area contributed by atoms with Crippen molar-refractivity contribution in [3.63, 3.8) is 0 Å². The average Bonchev–Trinajstić information content (AvgIpc) is 2.68. The fraction of sp³-hybridized carbons (Fsp3) is 0.667. The van der Waals surface area contributed by atoms with Gasteiger partial charge in [-0.05, 0) is 13.3 Å². The number of nitrogen functional groups attached to an aromatic ring is 1. The maximum absolute atomic E-state index is 12.8. The van der Waals surface area contributed by atoms with Gasteiger partial charge in [-0.1, -0.05) is 0 Å². The van der Waals surface area contributed by atoms with Crippen molar-refractivity contribution in [1.29, 1.82) is 0 Å². The third-order valence-electron chi connectivity index (χ3n) is 3.04. The van der Waals surface area contributed by atoms with Crippen LogP contribution >= 0.6 is 0 Å². The first-order valence-electron chi connectivity index (χ1n) is 5.08. The Labute approximate surface area is 97.5 Å². The Bertz CT molecular complexity index is 540. The van der Waals surface area contributed by atoms with Crippen molar-refractivity contribution in [2.75, 3.05) is 17.2 Å². The van der Waals surface area contributed by atoms with Crippen LogP contribution in [0, 0.1) is 0 Å². The van der Waals surface area contributed by atoms with Gasteiger partial charge in [0.05, 0.1) is 28.9 Å². The van der Waals surface area contributed by atoms with E-state index < -0.39 is 27.5 Å². The topological polar surface area (TPSA) is 78.0 Å². The Kier molecular flexibility index (Phi) is 2.64. The van der Waals surface area contributed by atoms with Crippen LogP contribution in [-0.2, 0) is 15.4 Å². The molecule has 17 heavy (non-hydrogen) atoms. The van der Waals surface area contributed by atoms with Crippen LogP contribution in [-0.4, -0.2) is 29.7 Å². The summed E-state index contributed by atoms with van der Waals surface area (Å²) >= 11 is 0. The molecule has 96 valence electrons. The number of anilines is 1. The highest BCUT2D eigenvalue weighted by Crippen LogP contribution is 2.35. The fourth-order valence-corrected chi connectivity index (χ4v) is 4.29. The van der Waals surface area contributed by atoms with E-state index >= 15 is 0 Å². The molecule has 1 aliphatic rings. The number of alkyl halides is 2. The molecule has 2 heterocycles. The summed E-state index contributed by atoms with van der Waals surface area (Å²) in [6.07, 6.45) is -1.36. The van der Waals surface area contributed by atoms with E-state index in [4.69, 9.17) is 5.73 Å². The second-order valence-corrected chi connectivity index (χ2v) is 6.72. The zero-order valence-corrected chi connectivity index (χ0v) is 10.0. The van der Waals surface area contributed by atoms with Crippen molar-refractivity contribution in [3.05, 3.63) is 11.9 Å². The summed E-state index contributed by atoms with van der Waals surface area (Å²) in [7, 11) is -3.18. The van der Waals surface area contributed by atoms with E-state index in [1.807, 2.05) is 0 Å². The molecule has 8 heteroatoms. The van der Waals surface area contributed by atoms with Gasteiger partial charge in [0.25, 0.3) is 6.43 Å². The van der Waals surface area contributed by atoms with Gasteiger partial charge in [0.2, 0.25) is 0 Å². The van der Waals surface area contributed by atoms with Gasteiger partial charge in [-0.15, -0.1) is 0 Å². The van der Waals surface area contributed by atoms with E-state index in [2.05, 4.69) is 5.10 Å². The molecule has 1 fully saturated rings. The van der Waals surface area contributed by atoms with Gasteiger partial charge in [0.1, 0.15) is 5.69 Å². The van der Waals surface area contributed by atoms with Crippen LogP contribution in [0.2, 0.25) is 0 Å². The molecular weight excluding hydrogens is 252 g/mol. The van der Waals surface area contributed by atoms with Crippen molar-refractivity contribution in [1.82, 2.24) is 9.78 Å². The molecule has 1 saturated heterocycles. The molecule has 0 bridgehead atoms. The highest BCUT2D eigenvalue weighted by Gasteiger charge is 2.42. The van der Waals surface area contributed by atoms with Crippen molar-refractivity contribution in [2.24, 2.45) is 0 Å². The highest BCUT2D eigenvalue weighted by atomic mass is 32.2. The molecule has 0 radical (unpaired) electrons. The summed E-state index contributed by atoms with van der Waals surface area (Å²) in [5.41, 5.74) is 3.99. The first-order chi connectivity index (χ1) is 7.75. The van der Waals surface area contributed by atoms with Gasteiger partial charge in [0, 0.05) is 0 Å². The van der Waals surface area contributed by atoms with Crippen molar-refractivity contribution < 1.29 is 17.2 Å². The minimum Gasteiger partial charge on any atom is -0.396 e. The molecule has 0 spiro atoms. The van der Waals surface area contributed by atoms with Crippen LogP contribution in [0.4, 0.5) is 14.5 Å². The second kappa shape index (κ2) is 3.66. The van der Waals surface area contributed by atoms with Crippen LogP contribution in [0.15, 0.2) is 6.20 Å². The Morgan fingerprint density at radius 2 is 2.24 bits per heavy atom. The van der Waals surface area contributed by atoms with Crippen LogP contribution in [0.5, 0.6) is 0 Å². The Balaban J connectivity index is 2.48. The lowest BCUT2D eigenvalue weighted by Crippen LogP contribution is -2.34. The number of aromatic nitrogens is 2. The van der Waals surface area contributed by atoms with Crippen LogP contribution < -0.4 is 5.73 Å². The SMILES string of the molecule is CC1(n2ncc(N)c2C(F)F)CCS(=O)(=O)C1. The predicted octanol–water partition coefficient (Wildman–Crippen LogP) is 0.937. The molecule has 0 aromatic carbocycles. The summed E-state index contributed by atoms with van der Waals surface area (Å²) in [5.74, 6) is -0.188. The first kappa shape index (κ1) is 12.3. The van der Waals surface area contributed by atoms with Crippen molar-refractivity contribution in [2.45, 2.75) is 25.3 Å². The quantitative estimate of drug-likeness (QED) is 0.863. The third kappa shape index (κ3) is 2.01. The molecule has 1 atom stereocenters. The Morgan fingerprint density at radius 1 is 1.59 bits per heavy atom. The van der Waals surface area contributed by atoms with Crippen molar-refractivity contribution in [3.8, 4) is 0 Å². The van der Waals surface area contributed by atoms with E-state index in [9.17, 15) is 17.2 Å². The van der Waals surface area contributed by atoms with Gasteiger partial charge >= 0.3 is 0 Å². The summed E-state index contributed by atoms with van der Waals surface area (Å²) in [4.78, 5) is 0. The molecule has 0 aliphatic carbocycles. The smallest absolute Gasteiger partial charge is 0.282 e. The number of rotatable bonds is 2. The van der Waals surface area contributed by atoms with Crippen LogP contribution in [0.1, 0.15) is 25.5 Å². The van der Waals surface area contributed by atoms with Crippen LogP contribution in [0.3, 0.4) is 0 Å². The maximum Gasteiger partial charge on any atom is 0.282 e. The fourth-order valence-electron chi connectivity index (χ4n) is 2.18. The number of halogens is 2. The lowest BCUT2D eigenvalue weighted by molar-refractivity contribution is 0.129. The molecular formula is C9H13F2N3O2S. The van der Waals surface area contributed by atoms with E-state index in [1.54, 1.807) is 6.92 Å². The third-order valence-corrected chi connectivity index (χ3v) is 4.92. The number of nitrogens with two attached hydrogens (primary N) is 1. The number of sulfone groups is 1. The average molecular weight is 265 g/mol. The van der Waals surface area contributed by atoms with Crippen LogP contribution in [0.25, 0.3) is 0 Å². The molecule has 0 saturated carbocycles. The van der Waals surface area contributed by atoms with Gasteiger partial charge in [-0.2, -0.15) is 5.10 Å². The first-order valence-corrected chi connectivity index (χ1v) is 6.90. The maximum atomic E-state index is 12.8. The van der Waals surface area contributed by atoms with Gasteiger partial charge < -0.3 is 5.73 Å². The molecule has 1 unspecified atom stereocenters. The molecule has 0 amide bonds. The zero-order valence-electron chi connectivity index (χ0n) is 9.23. The van der Waals surface area contributed by atoms with E-state index in [-0.39, 0.29) is 23.6 Å². The molecule has 1 aliphatic heterocycles. The lowest BCUT2D eigenvalue weighted by atomic mass is 10.0. The highest BCUT2D eigenvalue weighted by molar-refractivity contribution is 7.91. The second-order valence-electron chi connectivity index (χ2n) is 4.54. The normalized spacial score (nSPS) is 27.8. The minimum absolute atomic E-state index is 0.00799. The summed E-state index contributed by atoms with van der Waals surface area (Å²) < 4.78 is 49.7. The number of hydrogen-bond acceptors (Lipinski definition) is 4. The standard InChI is InChI=1S/C9H13F2N3O2S/c1-9(2-3-17(15,16)5-9)14-7(8(10)11)6(12)4-13-14/h4,8H,2-3,5,12H2,1H3. The minimum atomic E-state index is -3.18. The Morgan fingerprint density at radius 3 is 2.71 bits per heavy atom. The molecule has 1 aromatic rings. The van der Waals surface area contributed by atoms with E-state index in [0.717, 1.165) is 10.9 Å². The van der Waals surface area contributed by atoms with E-state index in [1.165, 1.54) is 0 Å². The molecule has 1 aromatic heterocycles. The summed E-state index contributed by atoms with van der Waals surface area (Å²) in [6, 6.07) is 0. The molecule has 5 nitrogen and oxygen atoms in total. The zero-order chi connectivity index (χ0) is 12.8. The number of hydrogen-bond donors (Lipinski definition) is 1. The van der Waals surface area contributed by atoms with Gasteiger partial charge in [0.15, 0.2) is 9.84 Å². The summed E-state index contributed by atoms with van der Waals surface area (Å²) in [6.45, 7) is 1.61. The molecule has 2 rings (SSSR count). The van der Waals surface area contributed by atoms with E-state index in [0.29, 0.717) is 0 Å². The molecule has 2 N–H and O–H groups in total. The number of nitrogens with zero attached hydrogens (tertiary/aromatic N) is 2. The van der Waals surface area contributed by atoms with Gasteiger partial charge in [-0.25, -0.2) is 17.2 Å². The largest absolute Gasteiger partial charge is 0.396 e. The monoisotopic (exact) mass is 265 g/mol. The van der Waals surface area contributed by atoms with Crippen molar-refractivity contribution >= 4 is 15.5 Å². The predicted molar refractivity (Wildman–Crippen MR) is 58.5 cm³/mol. The Hall–Kier alpha value is -1.18. The summed E-state index contributed by atoms with van der Waals surface area (Å²) in [5, 5.41) is 3.80. The lowest BCUT2D eigenvalue weighted by Gasteiger charge is -2.25.